The first-order valence-electron chi connectivity index (χ1n) is 6.74. The lowest BCUT2D eigenvalue weighted by Crippen LogP contribution is -1.98. The molecule has 0 amide bonds. The smallest absolute Gasteiger partial charge is 0.182 e. The number of hydrogen-bond acceptors (Lipinski definition) is 2. The number of H-pyrrole nitrogens is 1. The Morgan fingerprint density at radius 3 is 2.76 bits per heavy atom. The number of hydrogen-bond donors (Lipinski definition) is 1. The van der Waals surface area contributed by atoms with Crippen molar-refractivity contribution in [3.63, 3.8) is 0 Å². The van der Waals surface area contributed by atoms with E-state index in [0.29, 0.717) is 17.1 Å². The summed E-state index contributed by atoms with van der Waals surface area (Å²) >= 11 is 5.36. The lowest BCUT2D eigenvalue weighted by atomic mass is 10.2. The molecule has 3 rings (SSSR count). The van der Waals surface area contributed by atoms with Crippen molar-refractivity contribution >= 4 is 23.3 Å². The summed E-state index contributed by atoms with van der Waals surface area (Å²) in [4.78, 5) is 3.14. The normalized spacial score (nSPS) is 11.0. The van der Waals surface area contributed by atoms with E-state index >= 15 is 0 Å². The minimum atomic E-state index is -0.391. The maximum Gasteiger partial charge on any atom is 0.182 e. The van der Waals surface area contributed by atoms with E-state index in [4.69, 9.17) is 17.0 Å². The molecule has 21 heavy (non-hydrogen) atoms. The minimum Gasteiger partial charge on any atom is -0.491 e. The average Bonchev–Trinajstić information content (AvgIpc) is 2.76. The SMILES string of the molecule is CCOc1ccc(-n2c(=S)[nH]c3ccc(C)cc32)cc1F. The van der Waals surface area contributed by atoms with Crippen molar-refractivity contribution in [1.82, 2.24) is 9.55 Å². The number of benzene rings is 2. The van der Waals surface area contributed by atoms with Crippen LogP contribution in [0.2, 0.25) is 0 Å². The zero-order chi connectivity index (χ0) is 15.0. The van der Waals surface area contributed by atoms with Crippen LogP contribution in [-0.2, 0) is 0 Å². The lowest BCUT2D eigenvalue weighted by molar-refractivity contribution is 0.321. The molecule has 0 bridgehead atoms. The van der Waals surface area contributed by atoms with Crippen molar-refractivity contribution in [2.75, 3.05) is 6.61 Å². The summed E-state index contributed by atoms with van der Waals surface area (Å²) in [5.41, 5.74) is 3.66. The van der Waals surface area contributed by atoms with Gasteiger partial charge in [0.25, 0.3) is 0 Å². The Balaban J connectivity index is 2.20. The van der Waals surface area contributed by atoms with Crippen LogP contribution in [-0.4, -0.2) is 16.2 Å². The molecule has 5 heteroatoms. The highest BCUT2D eigenvalue weighted by Gasteiger charge is 2.10. The van der Waals surface area contributed by atoms with Gasteiger partial charge in [-0.2, -0.15) is 0 Å². The Morgan fingerprint density at radius 2 is 2.05 bits per heavy atom. The van der Waals surface area contributed by atoms with Crippen LogP contribution in [0.15, 0.2) is 36.4 Å². The summed E-state index contributed by atoms with van der Waals surface area (Å²) in [6.45, 7) is 4.27. The van der Waals surface area contributed by atoms with Crippen molar-refractivity contribution in [2.45, 2.75) is 13.8 Å². The van der Waals surface area contributed by atoms with Crippen LogP contribution in [0.3, 0.4) is 0 Å². The topological polar surface area (TPSA) is 29.9 Å². The molecule has 0 unspecified atom stereocenters. The van der Waals surface area contributed by atoms with Gasteiger partial charge in [0.2, 0.25) is 0 Å². The summed E-state index contributed by atoms with van der Waals surface area (Å²) in [5.74, 6) is -0.137. The summed E-state index contributed by atoms with van der Waals surface area (Å²) in [7, 11) is 0. The van der Waals surface area contributed by atoms with Crippen LogP contribution in [0.4, 0.5) is 4.39 Å². The minimum absolute atomic E-state index is 0.254. The number of fused-ring (bicyclic) bond motifs is 1. The molecule has 0 saturated heterocycles. The molecule has 1 heterocycles. The second-order valence-electron chi connectivity index (χ2n) is 4.83. The van der Waals surface area contributed by atoms with Gasteiger partial charge in [0.1, 0.15) is 0 Å². The van der Waals surface area contributed by atoms with Crippen molar-refractivity contribution in [3.8, 4) is 11.4 Å². The predicted molar refractivity (Wildman–Crippen MR) is 84.3 cm³/mol. The van der Waals surface area contributed by atoms with Crippen LogP contribution in [0.1, 0.15) is 12.5 Å². The summed E-state index contributed by atoms with van der Waals surface area (Å²) in [5, 5.41) is 0. The van der Waals surface area contributed by atoms with Gasteiger partial charge in [-0.1, -0.05) is 6.07 Å². The van der Waals surface area contributed by atoms with Crippen LogP contribution < -0.4 is 4.74 Å². The van der Waals surface area contributed by atoms with Gasteiger partial charge in [0.15, 0.2) is 16.3 Å². The first-order valence-corrected chi connectivity index (χ1v) is 7.15. The zero-order valence-electron chi connectivity index (χ0n) is 11.8. The van der Waals surface area contributed by atoms with Gasteiger partial charge in [0, 0.05) is 6.07 Å². The highest BCUT2D eigenvalue weighted by Crippen LogP contribution is 2.25. The summed E-state index contributed by atoms with van der Waals surface area (Å²) < 4.78 is 21.7. The van der Waals surface area contributed by atoms with Crippen molar-refractivity contribution in [3.05, 3.63) is 52.5 Å². The lowest BCUT2D eigenvalue weighted by Gasteiger charge is -2.08. The highest BCUT2D eigenvalue weighted by atomic mass is 32.1. The van der Waals surface area contributed by atoms with Crippen molar-refractivity contribution in [1.29, 1.82) is 0 Å². The van der Waals surface area contributed by atoms with Gasteiger partial charge in [0.05, 0.1) is 23.3 Å². The Morgan fingerprint density at radius 1 is 1.24 bits per heavy atom. The highest BCUT2D eigenvalue weighted by molar-refractivity contribution is 7.71. The molecule has 1 aromatic heterocycles. The molecular formula is C16H15FN2OS. The number of aryl methyl sites for hydroxylation is 1. The molecule has 108 valence electrons. The molecule has 0 aliphatic heterocycles. The monoisotopic (exact) mass is 302 g/mol. The van der Waals surface area contributed by atoms with E-state index in [1.54, 1.807) is 12.1 Å². The third-order valence-corrected chi connectivity index (χ3v) is 3.60. The molecule has 3 nitrogen and oxygen atoms in total. The molecule has 2 aromatic carbocycles. The first kappa shape index (κ1) is 13.8. The van der Waals surface area contributed by atoms with E-state index in [9.17, 15) is 4.39 Å². The molecule has 1 N–H and O–H groups in total. The van der Waals surface area contributed by atoms with Gasteiger partial charge in [-0.15, -0.1) is 0 Å². The van der Waals surface area contributed by atoms with Crippen molar-refractivity contribution in [2.24, 2.45) is 0 Å². The molecule has 0 spiro atoms. The van der Waals surface area contributed by atoms with E-state index in [1.807, 2.05) is 36.6 Å². The number of nitrogens with zero attached hydrogens (tertiary/aromatic N) is 1. The molecule has 0 radical (unpaired) electrons. The molecule has 3 aromatic rings. The van der Waals surface area contributed by atoms with Crippen LogP contribution in [0.25, 0.3) is 16.7 Å². The van der Waals surface area contributed by atoms with Gasteiger partial charge < -0.3 is 9.72 Å². The number of rotatable bonds is 3. The fourth-order valence-corrected chi connectivity index (χ4v) is 2.68. The maximum atomic E-state index is 14.1. The fourth-order valence-electron chi connectivity index (χ4n) is 2.37. The summed E-state index contributed by atoms with van der Waals surface area (Å²) in [6, 6.07) is 10.9. The van der Waals surface area contributed by atoms with Crippen LogP contribution in [0, 0.1) is 17.5 Å². The fraction of sp³-hybridized carbons (Fsp3) is 0.188. The number of aromatic nitrogens is 2. The standard InChI is InChI=1S/C16H15FN2OS/c1-3-20-15-7-5-11(9-12(15)17)19-14-8-10(2)4-6-13(14)18-16(19)21/h4-9H,3H2,1-2H3,(H,18,21). The number of aromatic amines is 1. The Labute approximate surface area is 127 Å². The van der Waals surface area contributed by atoms with E-state index in [-0.39, 0.29) is 5.75 Å². The quantitative estimate of drug-likeness (QED) is 0.720. The van der Waals surface area contributed by atoms with E-state index in [1.165, 1.54) is 6.07 Å². The van der Waals surface area contributed by atoms with E-state index < -0.39 is 5.82 Å². The second kappa shape index (κ2) is 5.33. The number of ether oxygens (including phenoxy) is 1. The third-order valence-electron chi connectivity index (χ3n) is 3.31. The van der Waals surface area contributed by atoms with Gasteiger partial charge in [-0.25, -0.2) is 4.39 Å². The molecule has 0 aliphatic rings. The van der Waals surface area contributed by atoms with Crippen LogP contribution in [0.5, 0.6) is 5.75 Å². The van der Waals surface area contributed by atoms with E-state index in [0.717, 1.165) is 16.6 Å². The van der Waals surface area contributed by atoms with Crippen LogP contribution >= 0.6 is 12.2 Å². The molecular weight excluding hydrogens is 287 g/mol. The largest absolute Gasteiger partial charge is 0.491 e. The second-order valence-corrected chi connectivity index (χ2v) is 5.22. The molecule has 0 saturated carbocycles. The third kappa shape index (κ3) is 2.45. The molecule has 0 aliphatic carbocycles. The number of imidazole rings is 1. The number of nitrogens with one attached hydrogen (secondary N) is 1. The zero-order valence-corrected chi connectivity index (χ0v) is 12.6. The maximum absolute atomic E-state index is 14.1. The van der Waals surface area contributed by atoms with E-state index in [2.05, 4.69) is 4.98 Å². The Kier molecular flexibility index (Phi) is 3.51. The van der Waals surface area contributed by atoms with Gasteiger partial charge >= 0.3 is 0 Å². The van der Waals surface area contributed by atoms with Crippen molar-refractivity contribution < 1.29 is 9.13 Å². The van der Waals surface area contributed by atoms with Gasteiger partial charge in [-0.3, -0.25) is 4.57 Å². The summed E-state index contributed by atoms with van der Waals surface area (Å²) in [6.07, 6.45) is 0. The predicted octanol–water partition coefficient (Wildman–Crippen LogP) is 4.53. The first-order chi connectivity index (χ1) is 10.1. The van der Waals surface area contributed by atoms with Gasteiger partial charge in [-0.05, 0) is 55.9 Å². The molecule has 0 fully saturated rings. The average molecular weight is 302 g/mol. The Bertz CT molecular complexity index is 866. The Hall–Kier alpha value is -2.14. The number of halogens is 1. The molecule has 0 atom stereocenters.